The molecule has 0 unspecified atom stereocenters. The molecule has 2 aromatic carbocycles. The molecule has 7 nitrogen and oxygen atoms in total. The first-order valence-corrected chi connectivity index (χ1v) is 8.42. The minimum absolute atomic E-state index is 0.363. The molecule has 7 heteroatoms. The summed E-state index contributed by atoms with van der Waals surface area (Å²) in [5, 5.41) is 10.4. The minimum Gasteiger partial charge on any atom is -0.496 e. The average molecular weight is 373 g/mol. The van der Waals surface area contributed by atoms with E-state index in [1.807, 2.05) is 13.0 Å². The van der Waals surface area contributed by atoms with Gasteiger partial charge in [-0.2, -0.15) is 0 Å². The zero-order valence-electron chi connectivity index (χ0n) is 16.0. The lowest BCUT2D eigenvalue weighted by molar-refractivity contribution is -0.137. The highest BCUT2D eigenvalue weighted by Gasteiger charge is 2.48. The van der Waals surface area contributed by atoms with Crippen molar-refractivity contribution in [2.24, 2.45) is 0 Å². The van der Waals surface area contributed by atoms with Crippen molar-refractivity contribution < 1.29 is 28.8 Å². The van der Waals surface area contributed by atoms with E-state index < -0.39 is 12.1 Å². The van der Waals surface area contributed by atoms with E-state index in [9.17, 15) is 9.90 Å². The number of aliphatic hydroxyl groups excluding tert-OH is 1. The van der Waals surface area contributed by atoms with E-state index >= 15 is 0 Å². The smallest absolute Gasteiger partial charge is 0.259 e. The maximum atomic E-state index is 12.4. The van der Waals surface area contributed by atoms with E-state index in [4.69, 9.17) is 18.9 Å². The van der Waals surface area contributed by atoms with Crippen LogP contribution in [0.5, 0.6) is 23.0 Å². The summed E-state index contributed by atoms with van der Waals surface area (Å²) in [5.41, 5.74) is 2.26. The molecule has 0 bridgehead atoms. The Bertz CT molecular complexity index is 841. The fourth-order valence-electron chi connectivity index (χ4n) is 3.38. The third-order valence-corrected chi connectivity index (χ3v) is 4.75. The summed E-state index contributed by atoms with van der Waals surface area (Å²) < 4.78 is 21.4. The van der Waals surface area contributed by atoms with Crippen molar-refractivity contribution in [2.45, 2.75) is 19.1 Å². The van der Waals surface area contributed by atoms with E-state index in [-0.39, 0.29) is 5.91 Å². The zero-order valence-corrected chi connectivity index (χ0v) is 16.0. The number of methoxy groups -OCH3 is 4. The van der Waals surface area contributed by atoms with Crippen LogP contribution in [-0.4, -0.2) is 45.6 Å². The van der Waals surface area contributed by atoms with Gasteiger partial charge < -0.3 is 24.1 Å². The van der Waals surface area contributed by atoms with Crippen LogP contribution >= 0.6 is 0 Å². The van der Waals surface area contributed by atoms with Gasteiger partial charge in [0, 0.05) is 5.69 Å². The van der Waals surface area contributed by atoms with E-state index in [2.05, 4.69) is 0 Å². The number of benzene rings is 2. The number of carbonyl (C=O) groups is 1. The molecular weight excluding hydrogens is 350 g/mol. The maximum Gasteiger partial charge on any atom is 0.259 e. The second kappa shape index (κ2) is 7.36. The summed E-state index contributed by atoms with van der Waals surface area (Å²) in [4.78, 5) is 14.0. The highest BCUT2D eigenvalue weighted by atomic mass is 16.5. The number of aliphatic hydroxyl groups is 1. The lowest BCUT2D eigenvalue weighted by Crippen LogP contribution is -2.59. The zero-order chi connectivity index (χ0) is 19.7. The Labute approximate surface area is 158 Å². The Morgan fingerprint density at radius 1 is 0.889 bits per heavy atom. The van der Waals surface area contributed by atoms with Gasteiger partial charge in [-0.3, -0.25) is 9.69 Å². The lowest BCUT2D eigenvalue weighted by atomic mass is 9.89. The first-order valence-electron chi connectivity index (χ1n) is 8.42. The SMILES string of the molecule is COc1ccc(N2C(=O)[C@@H](O)[C@@H]2c2cc(OC)c(OC)c(OC)c2)cc1C. The number of ether oxygens (including phenoxy) is 4. The number of β-lactam (4-membered cyclic amide) rings is 1. The van der Waals surface area contributed by atoms with Crippen LogP contribution in [0, 0.1) is 6.92 Å². The maximum absolute atomic E-state index is 12.4. The van der Waals surface area contributed by atoms with Crippen LogP contribution in [0.15, 0.2) is 30.3 Å². The lowest BCUT2D eigenvalue weighted by Gasteiger charge is -2.45. The van der Waals surface area contributed by atoms with Crippen molar-refractivity contribution in [1.29, 1.82) is 0 Å². The monoisotopic (exact) mass is 373 g/mol. The second-order valence-corrected chi connectivity index (χ2v) is 6.21. The number of anilines is 1. The van der Waals surface area contributed by atoms with E-state index in [1.165, 1.54) is 21.3 Å². The summed E-state index contributed by atoms with van der Waals surface area (Å²) in [6.07, 6.45) is -1.14. The summed E-state index contributed by atoms with van der Waals surface area (Å²) in [6.45, 7) is 1.90. The highest BCUT2D eigenvalue weighted by molar-refractivity contribution is 6.05. The number of rotatable bonds is 6. The molecule has 1 saturated heterocycles. The molecule has 2 aromatic rings. The van der Waals surface area contributed by atoms with Gasteiger partial charge in [-0.15, -0.1) is 0 Å². The molecule has 0 aromatic heterocycles. The average Bonchev–Trinajstić information content (AvgIpc) is 2.69. The van der Waals surface area contributed by atoms with Gasteiger partial charge in [0.05, 0.1) is 34.5 Å². The van der Waals surface area contributed by atoms with Gasteiger partial charge in [0.15, 0.2) is 17.6 Å². The molecule has 1 heterocycles. The van der Waals surface area contributed by atoms with Gasteiger partial charge in [-0.05, 0) is 48.4 Å². The molecule has 1 amide bonds. The van der Waals surface area contributed by atoms with Gasteiger partial charge in [0.2, 0.25) is 5.75 Å². The Morgan fingerprint density at radius 3 is 1.96 bits per heavy atom. The van der Waals surface area contributed by atoms with Crippen LogP contribution in [0.25, 0.3) is 0 Å². The molecule has 1 aliphatic heterocycles. The standard InChI is InChI=1S/C20H23NO6/c1-11-8-13(6-7-14(11)24-2)21-17(18(22)20(21)23)12-9-15(25-3)19(27-5)16(10-12)26-4/h6-10,17-18,22H,1-5H3/t17-,18-/m0/s1. The molecule has 2 atom stereocenters. The quantitative estimate of drug-likeness (QED) is 0.784. The number of nitrogens with zero attached hydrogens (tertiary/aromatic N) is 1. The van der Waals surface area contributed by atoms with Crippen molar-refractivity contribution in [3.63, 3.8) is 0 Å². The number of amides is 1. The van der Waals surface area contributed by atoms with E-state index in [1.54, 1.807) is 36.3 Å². The molecule has 1 aliphatic rings. The molecule has 0 spiro atoms. The van der Waals surface area contributed by atoms with Crippen LogP contribution in [0.1, 0.15) is 17.2 Å². The summed E-state index contributed by atoms with van der Waals surface area (Å²) in [7, 11) is 6.16. The van der Waals surface area contributed by atoms with Gasteiger partial charge in [0.25, 0.3) is 5.91 Å². The van der Waals surface area contributed by atoms with Crippen molar-refractivity contribution >= 4 is 11.6 Å². The number of hydrogen-bond donors (Lipinski definition) is 1. The normalized spacial score (nSPS) is 18.7. The van der Waals surface area contributed by atoms with E-state index in [0.29, 0.717) is 28.5 Å². The van der Waals surface area contributed by atoms with Crippen LogP contribution < -0.4 is 23.8 Å². The predicted molar refractivity (Wildman–Crippen MR) is 100 cm³/mol. The topological polar surface area (TPSA) is 77.5 Å². The molecule has 1 N–H and O–H groups in total. The first kappa shape index (κ1) is 18.8. The Kier molecular flexibility index (Phi) is 5.14. The Balaban J connectivity index is 2.05. The molecule has 27 heavy (non-hydrogen) atoms. The number of carbonyl (C=O) groups excluding carboxylic acids is 1. The van der Waals surface area contributed by atoms with Crippen molar-refractivity contribution in [3.05, 3.63) is 41.5 Å². The fraction of sp³-hybridized carbons (Fsp3) is 0.350. The summed E-state index contributed by atoms with van der Waals surface area (Å²) >= 11 is 0. The van der Waals surface area contributed by atoms with Crippen LogP contribution in [-0.2, 0) is 4.79 Å². The molecule has 1 fully saturated rings. The third kappa shape index (κ3) is 3.04. The molecule has 144 valence electrons. The Hall–Kier alpha value is -2.93. The van der Waals surface area contributed by atoms with Gasteiger partial charge in [-0.1, -0.05) is 0 Å². The highest BCUT2D eigenvalue weighted by Crippen LogP contribution is 2.46. The first-order chi connectivity index (χ1) is 13.0. The minimum atomic E-state index is -1.14. The van der Waals surface area contributed by atoms with E-state index in [0.717, 1.165) is 11.3 Å². The number of hydrogen-bond acceptors (Lipinski definition) is 6. The van der Waals surface area contributed by atoms with Gasteiger partial charge in [0.1, 0.15) is 5.75 Å². The number of aryl methyl sites for hydroxylation is 1. The molecule has 0 radical (unpaired) electrons. The Morgan fingerprint density at radius 2 is 1.48 bits per heavy atom. The third-order valence-electron chi connectivity index (χ3n) is 4.75. The molecule has 0 aliphatic carbocycles. The van der Waals surface area contributed by atoms with Gasteiger partial charge >= 0.3 is 0 Å². The predicted octanol–water partition coefficient (Wildman–Crippen LogP) is 2.48. The summed E-state index contributed by atoms with van der Waals surface area (Å²) in [6, 6.07) is 8.37. The molecule has 3 rings (SSSR count). The molecular formula is C20H23NO6. The van der Waals surface area contributed by atoms with Crippen LogP contribution in [0.3, 0.4) is 0 Å². The van der Waals surface area contributed by atoms with Gasteiger partial charge in [-0.25, -0.2) is 0 Å². The largest absolute Gasteiger partial charge is 0.496 e. The molecule has 0 saturated carbocycles. The van der Waals surface area contributed by atoms with Crippen molar-refractivity contribution in [3.8, 4) is 23.0 Å². The van der Waals surface area contributed by atoms with Crippen LogP contribution in [0.2, 0.25) is 0 Å². The fourth-order valence-corrected chi connectivity index (χ4v) is 3.38. The second-order valence-electron chi connectivity index (χ2n) is 6.21. The van der Waals surface area contributed by atoms with Crippen molar-refractivity contribution in [2.75, 3.05) is 33.3 Å². The summed E-state index contributed by atoms with van der Waals surface area (Å²) in [5.74, 6) is 1.75. The van der Waals surface area contributed by atoms with Crippen LogP contribution in [0.4, 0.5) is 5.69 Å². The van der Waals surface area contributed by atoms with Crippen molar-refractivity contribution in [1.82, 2.24) is 0 Å².